The van der Waals surface area contributed by atoms with E-state index in [1.807, 2.05) is 7.05 Å². The maximum Gasteiger partial charge on any atom is 0.0276 e. The summed E-state index contributed by atoms with van der Waals surface area (Å²) in [5.74, 6) is 3.59. The minimum absolute atomic E-state index is 0.820. The average Bonchev–Trinajstić information content (AvgIpc) is 2.88. The highest BCUT2D eigenvalue weighted by molar-refractivity contribution is 5.89. The van der Waals surface area contributed by atoms with Crippen LogP contribution in [-0.2, 0) is 0 Å². The molecule has 3 atom stereocenters. The lowest BCUT2D eigenvalue weighted by Gasteiger charge is -2.11. The molecule has 0 bridgehead atoms. The monoisotopic (exact) mass is 209 g/mol. The Morgan fingerprint density at radius 3 is 2.20 bits per heavy atom. The second-order valence-corrected chi connectivity index (χ2v) is 5.04. The fraction of sp³-hybridized carbons (Fsp3) is 0.929. The van der Waals surface area contributed by atoms with Crippen molar-refractivity contribution in [3.05, 3.63) is 0 Å². The maximum atomic E-state index is 4.44. The van der Waals surface area contributed by atoms with Crippen molar-refractivity contribution in [3.8, 4) is 0 Å². The molecule has 1 aliphatic carbocycles. The number of nitrogens with zero attached hydrogens (tertiary/aromatic N) is 1. The first-order valence-electron chi connectivity index (χ1n) is 6.64. The molecule has 0 saturated heterocycles. The van der Waals surface area contributed by atoms with Gasteiger partial charge in [-0.1, -0.05) is 40.5 Å². The second-order valence-electron chi connectivity index (χ2n) is 5.04. The van der Waals surface area contributed by atoms with E-state index in [1.165, 1.54) is 25.0 Å². The number of aliphatic imine (C=N–C) groups is 1. The first-order valence-corrected chi connectivity index (χ1v) is 6.64. The van der Waals surface area contributed by atoms with Crippen LogP contribution in [0.25, 0.3) is 0 Å². The van der Waals surface area contributed by atoms with Crippen molar-refractivity contribution in [3.63, 3.8) is 0 Å². The van der Waals surface area contributed by atoms with Gasteiger partial charge in [0.1, 0.15) is 0 Å². The van der Waals surface area contributed by atoms with Crippen molar-refractivity contribution in [1.82, 2.24) is 0 Å². The lowest BCUT2D eigenvalue weighted by atomic mass is 9.95. The molecule has 88 valence electrons. The summed E-state index contributed by atoms with van der Waals surface area (Å²) in [4.78, 5) is 4.44. The van der Waals surface area contributed by atoms with Crippen LogP contribution in [0, 0.1) is 23.7 Å². The normalized spacial score (nSPS) is 31.1. The van der Waals surface area contributed by atoms with E-state index < -0.39 is 0 Å². The van der Waals surface area contributed by atoms with Crippen molar-refractivity contribution >= 4 is 5.71 Å². The fourth-order valence-electron chi connectivity index (χ4n) is 3.01. The van der Waals surface area contributed by atoms with E-state index in [4.69, 9.17) is 0 Å². The summed E-state index contributed by atoms with van der Waals surface area (Å²) in [7, 11) is 1.96. The zero-order valence-corrected chi connectivity index (χ0v) is 11.1. The molecule has 0 aliphatic heterocycles. The molecule has 3 unspecified atom stereocenters. The molecule has 1 fully saturated rings. The van der Waals surface area contributed by atoms with Gasteiger partial charge >= 0.3 is 0 Å². The zero-order chi connectivity index (χ0) is 11.4. The number of hydrogen-bond donors (Lipinski definition) is 0. The van der Waals surface area contributed by atoms with Gasteiger partial charge in [0, 0.05) is 18.7 Å². The van der Waals surface area contributed by atoms with Crippen LogP contribution in [0.2, 0.25) is 0 Å². The molecule has 1 nitrogen and oxygen atoms in total. The average molecular weight is 209 g/mol. The van der Waals surface area contributed by atoms with Crippen LogP contribution in [0.4, 0.5) is 0 Å². The maximum absolute atomic E-state index is 4.44. The lowest BCUT2D eigenvalue weighted by Crippen LogP contribution is -2.04. The Labute approximate surface area is 95.4 Å². The van der Waals surface area contributed by atoms with Crippen LogP contribution in [0.1, 0.15) is 53.4 Å². The molecule has 0 aromatic rings. The van der Waals surface area contributed by atoms with Crippen LogP contribution in [0.15, 0.2) is 4.99 Å². The van der Waals surface area contributed by atoms with Crippen LogP contribution < -0.4 is 0 Å². The molecule has 0 aromatic carbocycles. The Hall–Kier alpha value is -0.330. The Kier molecular flexibility index (Phi) is 4.82. The highest BCUT2D eigenvalue weighted by atomic mass is 14.7. The van der Waals surface area contributed by atoms with Gasteiger partial charge in [0.15, 0.2) is 0 Å². The molecule has 0 heterocycles. The molecule has 1 heteroatoms. The Balaban J connectivity index is 2.47. The van der Waals surface area contributed by atoms with Gasteiger partial charge in [-0.25, -0.2) is 0 Å². The van der Waals surface area contributed by atoms with Crippen molar-refractivity contribution in [2.24, 2.45) is 28.7 Å². The fourth-order valence-corrected chi connectivity index (χ4v) is 3.01. The van der Waals surface area contributed by atoms with E-state index in [9.17, 15) is 0 Å². The SMILES string of the molecule is CCC(=NC)C1C(C)C1CC(CC)CC. The predicted molar refractivity (Wildman–Crippen MR) is 68.5 cm³/mol. The minimum Gasteiger partial charge on any atom is -0.297 e. The van der Waals surface area contributed by atoms with Crippen molar-refractivity contribution < 1.29 is 0 Å². The van der Waals surface area contributed by atoms with E-state index >= 15 is 0 Å². The molecule has 0 spiro atoms. The Morgan fingerprint density at radius 1 is 1.20 bits per heavy atom. The number of rotatable bonds is 6. The van der Waals surface area contributed by atoms with Gasteiger partial charge in [-0.2, -0.15) is 0 Å². The standard InChI is InChI=1S/C14H27N/c1-6-11(7-2)9-12-10(4)14(12)13(8-3)15-5/h10-12,14H,6-9H2,1-5H3. The third-order valence-electron chi connectivity index (χ3n) is 4.36. The Bertz CT molecular complexity index is 215. The highest BCUT2D eigenvalue weighted by Crippen LogP contribution is 2.51. The molecule has 15 heavy (non-hydrogen) atoms. The summed E-state index contributed by atoms with van der Waals surface area (Å²) < 4.78 is 0. The van der Waals surface area contributed by atoms with Crippen LogP contribution in [0.5, 0.6) is 0 Å². The predicted octanol–water partition coefficient (Wildman–Crippen LogP) is 4.18. The third kappa shape index (κ3) is 2.83. The molecule has 0 amide bonds. The van der Waals surface area contributed by atoms with Crippen molar-refractivity contribution in [2.45, 2.75) is 53.4 Å². The van der Waals surface area contributed by atoms with Gasteiger partial charge in [0.25, 0.3) is 0 Å². The van der Waals surface area contributed by atoms with Crippen molar-refractivity contribution in [2.75, 3.05) is 7.05 Å². The van der Waals surface area contributed by atoms with E-state index in [-0.39, 0.29) is 0 Å². The lowest BCUT2D eigenvalue weighted by molar-refractivity contribution is 0.416. The molecule has 1 saturated carbocycles. The molecule has 1 rings (SSSR count). The van der Waals surface area contributed by atoms with E-state index in [1.54, 1.807) is 0 Å². The highest BCUT2D eigenvalue weighted by Gasteiger charge is 2.48. The molecular formula is C14H27N. The Morgan fingerprint density at radius 2 is 1.80 bits per heavy atom. The van der Waals surface area contributed by atoms with Gasteiger partial charge < -0.3 is 0 Å². The summed E-state index contributed by atoms with van der Waals surface area (Å²) in [6, 6.07) is 0. The summed E-state index contributed by atoms with van der Waals surface area (Å²) in [5, 5.41) is 0. The smallest absolute Gasteiger partial charge is 0.0276 e. The zero-order valence-electron chi connectivity index (χ0n) is 11.1. The largest absolute Gasteiger partial charge is 0.297 e. The van der Waals surface area contributed by atoms with E-state index in [2.05, 4.69) is 32.7 Å². The molecular weight excluding hydrogens is 182 g/mol. The first-order chi connectivity index (χ1) is 7.19. The van der Waals surface area contributed by atoms with Gasteiger partial charge in [-0.3, -0.25) is 4.99 Å². The topological polar surface area (TPSA) is 12.4 Å². The summed E-state index contributed by atoms with van der Waals surface area (Å²) in [6.45, 7) is 9.29. The third-order valence-corrected chi connectivity index (χ3v) is 4.36. The van der Waals surface area contributed by atoms with Gasteiger partial charge in [0.2, 0.25) is 0 Å². The number of hydrogen-bond acceptors (Lipinski definition) is 1. The van der Waals surface area contributed by atoms with E-state index in [0.29, 0.717) is 0 Å². The van der Waals surface area contributed by atoms with Crippen LogP contribution >= 0.6 is 0 Å². The van der Waals surface area contributed by atoms with E-state index in [0.717, 1.165) is 30.1 Å². The second kappa shape index (κ2) is 5.67. The summed E-state index contributed by atoms with van der Waals surface area (Å²) in [5.41, 5.74) is 1.46. The van der Waals surface area contributed by atoms with Crippen LogP contribution in [-0.4, -0.2) is 12.8 Å². The minimum atomic E-state index is 0.820. The van der Waals surface area contributed by atoms with Gasteiger partial charge in [-0.15, -0.1) is 0 Å². The van der Waals surface area contributed by atoms with Gasteiger partial charge in [0.05, 0.1) is 0 Å². The van der Waals surface area contributed by atoms with Crippen molar-refractivity contribution in [1.29, 1.82) is 0 Å². The molecule has 1 aliphatic rings. The van der Waals surface area contributed by atoms with Crippen LogP contribution in [0.3, 0.4) is 0 Å². The molecule has 0 aromatic heterocycles. The summed E-state index contributed by atoms with van der Waals surface area (Å²) >= 11 is 0. The van der Waals surface area contributed by atoms with Gasteiger partial charge in [-0.05, 0) is 30.6 Å². The quantitative estimate of drug-likeness (QED) is 0.582. The first kappa shape index (κ1) is 12.7. The summed E-state index contributed by atoms with van der Waals surface area (Å²) in [6.07, 6.45) is 5.26. The molecule has 0 radical (unpaired) electrons. The molecule has 0 N–H and O–H groups in total.